The molecule has 1 atom stereocenters. The van der Waals surface area contributed by atoms with E-state index in [1.807, 2.05) is 6.92 Å². The number of aromatic nitrogens is 2. The highest BCUT2D eigenvalue weighted by atomic mass is 35.5. The minimum Gasteiger partial charge on any atom is -0.391 e. The molecule has 0 saturated heterocycles. The van der Waals surface area contributed by atoms with Gasteiger partial charge in [-0.15, -0.1) is 0 Å². The van der Waals surface area contributed by atoms with Crippen molar-refractivity contribution in [3.05, 3.63) is 21.6 Å². The molecule has 1 saturated carbocycles. The van der Waals surface area contributed by atoms with Crippen LogP contribution < -0.4 is 10.9 Å². The zero-order chi connectivity index (χ0) is 13.8. The summed E-state index contributed by atoms with van der Waals surface area (Å²) in [5, 5.41) is 17.0. The molecule has 0 amide bonds. The van der Waals surface area contributed by atoms with E-state index >= 15 is 0 Å². The Hall–Kier alpha value is -1.07. The van der Waals surface area contributed by atoms with Crippen LogP contribution in [0.15, 0.2) is 11.0 Å². The summed E-state index contributed by atoms with van der Waals surface area (Å²) < 4.78 is 1.46. The monoisotopic (exact) mass is 285 g/mol. The van der Waals surface area contributed by atoms with Crippen LogP contribution in [0.4, 0.5) is 5.69 Å². The first kappa shape index (κ1) is 14.3. The molecule has 1 heterocycles. The van der Waals surface area contributed by atoms with Gasteiger partial charge in [-0.2, -0.15) is 5.10 Å². The Labute approximate surface area is 117 Å². The van der Waals surface area contributed by atoms with Crippen molar-refractivity contribution in [2.75, 3.05) is 11.9 Å². The summed E-state index contributed by atoms with van der Waals surface area (Å²) in [6, 6.07) is 0. The number of hydrogen-bond donors (Lipinski definition) is 2. The lowest BCUT2D eigenvalue weighted by atomic mass is 10.2. The van der Waals surface area contributed by atoms with Crippen LogP contribution in [0.25, 0.3) is 0 Å². The van der Waals surface area contributed by atoms with E-state index in [0.29, 0.717) is 36.1 Å². The van der Waals surface area contributed by atoms with Gasteiger partial charge in [0, 0.05) is 13.1 Å². The highest BCUT2D eigenvalue weighted by molar-refractivity contribution is 6.32. The maximum atomic E-state index is 12.2. The van der Waals surface area contributed by atoms with Crippen LogP contribution in [0.1, 0.15) is 32.6 Å². The SMILES string of the molecule is CCCC(O)CNc1c(Cl)cnn(CC2CC2)c1=O. The maximum absolute atomic E-state index is 12.2. The summed E-state index contributed by atoms with van der Waals surface area (Å²) in [5.41, 5.74) is 0.135. The summed E-state index contributed by atoms with van der Waals surface area (Å²) in [4.78, 5) is 12.2. The topological polar surface area (TPSA) is 67.2 Å². The molecule has 1 aromatic heterocycles. The third-order valence-corrected chi connectivity index (χ3v) is 3.55. The molecule has 6 heteroatoms. The van der Waals surface area contributed by atoms with E-state index in [2.05, 4.69) is 10.4 Å². The Morgan fingerprint density at radius 3 is 3.00 bits per heavy atom. The quantitative estimate of drug-likeness (QED) is 0.803. The summed E-state index contributed by atoms with van der Waals surface area (Å²) in [6.07, 6.45) is 4.94. The van der Waals surface area contributed by atoms with Crippen molar-refractivity contribution in [1.29, 1.82) is 0 Å². The third kappa shape index (κ3) is 3.94. The van der Waals surface area contributed by atoms with Crippen LogP contribution in [-0.4, -0.2) is 27.5 Å². The Bertz CT molecular complexity index is 485. The van der Waals surface area contributed by atoms with Crippen molar-refractivity contribution in [2.45, 2.75) is 45.3 Å². The van der Waals surface area contributed by atoms with Gasteiger partial charge in [-0.3, -0.25) is 4.79 Å². The van der Waals surface area contributed by atoms with Crippen molar-refractivity contribution >= 4 is 17.3 Å². The molecule has 106 valence electrons. The van der Waals surface area contributed by atoms with Gasteiger partial charge in [0.15, 0.2) is 0 Å². The van der Waals surface area contributed by atoms with Gasteiger partial charge in [-0.1, -0.05) is 24.9 Å². The zero-order valence-electron chi connectivity index (χ0n) is 11.1. The molecule has 2 N–H and O–H groups in total. The summed E-state index contributed by atoms with van der Waals surface area (Å²) in [7, 11) is 0. The number of hydrogen-bond acceptors (Lipinski definition) is 4. The van der Waals surface area contributed by atoms with Gasteiger partial charge in [0.1, 0.15) is 5.69 Å². The second-order valence-corrected chi connectivity index (χ2v) is 5.53. The second-order valence-electron chi connectivity index (χ2n) is 5.12. The third-order valence-electron chi connectivity index (χ3n) is 3.26. The van der Waals surface area contributed by atoms with Crippen LogP contribution in [-0.2, 0) is 6.54 Å². The van der Waals surface area contributed by atoms with E-state index in [-0.39, 0.29) is 5.56 Å². The van der Waals surface area contributed by atoms with E-state index in [9.17, 15) is 9.90 Å². The summed E-state index contributed by atoms with van der Waals surface area (Å²) in [6.45, 7) is 2.99. The molecule has 1 fully saturated rings. The van der Waals surface area contributed by atoms with Crippen molar-refractivity contribution in [2.24, 2.45) is 5.92 Å². The van der Waals surface area contributed by atoms with Gasteiger partial charge in [-0.05, 0) is 25.2 Å². The second kappa shape index (κ2) is 6.39. The lowest BCUT2D eigenvalue weighted by Crippen LogP contribution is -2.29. The smallest absolute Gasteiger partial charge is 0.291 e. The van der Waals surface area contributed by atoms with Crippen molar-refractivity contribution < 1.29 is 5.11 Å². The van der Waals surface area contributed by atoms with Crippen LogP contribution >= 0.6 is 11.6 Å². The standard InChI is InChI=1S/C13H20ClN3O2/c1-2-3-10(18)6-15-12-11(14)7-16-17(13(12)19)8-9-4-5-9/h7,9-10,15,18H,2-6,8H2,1H3. The zero-order valence-corrected chi connectivity index (χ0v) is 11.9. The average molecular weight is 286 g/mol. The number of halogens is 1. The number of aliphatic hydroxyl groups excluding tert-OH is 1. The molecule has 19 heavy (non-hydrogen) atoms. The molecule has 1 aliphatic rings. The predicted molar refractivity (Wildman–Crippen MR) is 75.6 cm³/mol. The van der Waals surface area contributed by atoms with Gasteiger partial charge in [0.05, 0.1) is 17.3 Å². The molecule has 2 rings (SSSR count). The van der Waals surface area contributed by atoms with Crippen molar-refractivity contribution in [3.63, 3.8) is 0 Å². The van der Waals surface area contributed by atoms with E-state index in [1.165, 1.54) is 10.9 Å². The Kier molecular flexibility index (Phi) is 4.82. The van der Waals surface area contributed by atoms with Gasteiger partial charge in [0.2, 0.25) is 0 Å². The largest absolute Gasteiger partial charge is 0.391 e. The fraction of sp³-hybridized carbons (Fsp3) is 0.692. The molecule has 1 unspecified atom stereocenters. The van der Waals surface area contributed by atoms with Gasteiger partial charge in [-0.25, -0.2) is 4.68 Å². The number of rotatable bonds is 7. The molecule has 0 bridgehead atoms. The maximum Gasteiger partial charge on any atom is 0.291 e. The first-order valence-corrected chi connectivity index (χ1v) is 7.17. The number of nitrogens with one attached hydrogen (secondary N) is 1. The first-order valence-electron chi connectivity index (χ1n) is 6.79. The molecular formula is C13H20ClN3O2. The lowest BCUT2D eigenvalue weighted by Gasteiger charge is -2.13. The van der Waals surface area contributed by atoms with Crippen LogP contribution in [0, 0.1) is 5.92 Å². The van der Waals surface area contributed by atoms with Gasteiger partial charge in [0.25, 0.3) is 5.56 Å². The number of nitrogens with zero attached hydrogens (tertiary/aromatic N) is 2. The molecule has 0 radical (unpaired) electrons. The van der Waals surface area contributed by atoms with Crippen molar-refractivity contribution in [1.82, 2.24) is 9.78 Å². The fourth-order valence-electron chi connectivity index (χ4n) is 1.96. The molecule has 0 aromatic carbocycles. The highest BCUT2D eigenvalue weighted by Crippen LogP contribution is 2.30. The molecule has 0 aliphatic heterocycles. The highest BCUT2D eigenvalue weighted by Gasteiger charge is 2.23. The number of anilines is 1. The minimum atomic E-state index is -0.467. The molecule has 0 spiro atoms. The minimum absolute atomic E-state index is 0.205. The first-order chi connectivity index (χ1) is 9.11. The summed E-state index contributed by atoms with van der Waals surface area (Å²) in [5.74, 6) is 0.574. The number of aliphatic hydroxyl groups is 1. The Morgan fingerprint density at radius 2 is 2.37 bits per heavy atom. The van der Waals surface area contributed by atoms with Crippen LogP contribution in [0.3, 0.4) is 0 Å². The van der Waals surface area contributed by atoms with E-state index in [4.69, 9.17) is 11.6 Å². The van der Waals surface area contributed by atoms with E-state index in [1.54, 1.807) is 0 Å². The molecule has 1 aliphatic carbocycles. The fourth-order valence-corrected chi connectivity index (χ4v) is 2.15. The normalized spacial score (nSPS) is 16.4. The van der Waals surface area contributed by atoms with Gasteiger partial charge >= 0.3 is 0 Å². The van der Waals surface area contributed by atoms with E-state index < -0.39 is 6.10 Å². The van der Waals surface area contributed by atoms with Crippen LogP contribution in [0.2, 0.25) is 5.02 Å². The predicted octanol–water partition coefficient (Wildman–Crippen LogP) is 1.88. The lowest BCUT2D eigenvalue weighted by molar-refractivity contribution is 0.176. The van der Waals surface area contributed by atoms with E-state index in [0.717, 1.165) is 19.3 Å². The Morgan fingerprint density at radius 1 is 1.63 bits per heavy atom. The summed E-state index contributed by atoms with van der Waals surface area (Å²) >= 11 is 5.99. The van der Waals surface area contributed by atoms with Crippen molar-refractivity contribution in [3.8, 4) is 0 Å². The average Bonchev–Trinajstić information content (AvgIpc) is 3.17. The molecular weight excluding hydrogens is 266 g/mol. The molecule has 5 nitrogen and oxygen atoms in total. The van der Waals surface area contributed by atoms with Crippen LogP contribution in [0.5, 0.6) is 0 Å². The Balaban J connectivity index is 2.07. The van der Waals surface area contributed by atoms with Gasteiger partial charge < -0.3 is 10.4 Å². The molecule has 1 aromatic rings.